The zero-order valence-corrected chi connectivity index (χ0v) is 26.4. The van der Waals surface area contributed by atoms with Crippen molar-refractivity contribution in [2.45, 2.75) is 112 Å². The van der Waals surface area contributed by atoms with Gasteiger partial charge >= 0.3 is 0 Å². The normalized spacial score (nSPS) is 28.8. The van der Waals surface area contributed by atoms with Gasteiger partial charge in [0.05, 0.1) is 31.1 Å². The number of hydrogen-bond donors (Lipinski definition) is 4. The lowest BCUT2D eigenvalue weighted by Crippen LogP contribution is -2.35. The van der Waals surface area contributed by atoms with Crippen LogP contribution in [0.3, 0.4) is 0 Å². The Balaban J connectivity index is 0.000000335. The summed E-state index contributed by atoms with van der Waals surface area (Å²) in [5, 5.41) is 27.0. The maximum absolute atomic E-state index is 9.38. The lowest BCUT2D eigenvalue weighted by atomic mass is 9.75. The predicted molar refractivity (Wildman–Crippen MR) is 158 cm³/mol. The first kappa shape index (κ1) is 33.0. The van der Waals surface area contributed by atoms with Gasteiger partial charge in [-0.15, -0.1) is 0 Å². The van der Waals surface area contributed by atoms with Crippen molar-refractivity contribution in [3.05, 3.63) is 23.0 Å². The summed E-state index contributed by atoms with van der Waals surface area (Å²) in [5.41, 5.74) is -1.24. The molecule has 37 heavy (non-hydrogen) atoms. The second-order valence-electron chi connectivity index (χ2n) is 11.9. The Bertz CT molecular complexity index is 862. The lowest BCUT2D eigenvalue weighted by Gasteiger charge is -2.42. The van der Waals surface area contributed by atoms with Crippen LogP contribution in [0.1, 0.15) is 96.9 Å². The van der Waals surface area contributed by atoms with Gasteiger partial charge in [-0.2, -0.15) is 0 Å². The molecule has 2 saturated carbocycles. The Morgan fingerprint density at radius 2 is 1.41 bits per heavy atom. The van der Waals surface area contributed by atoms with Crippen molar-refractivity contribution in [2.75, 3.05) is 0 Å². The van der Waals surface area contributed by atoms with Gasteiger partial charge in [0.1, 0.15) is 5.75 Å². The molecule has 2 fully saturated rings. The highest BCUT2D eigenvalue weighted by Crippen LogP contribution is 2.59. The molecule has 2 aliphatic rings. The molecule has 6 atom stereocenters. The molecule has 0 amide bonds. The van der Waals surface area contributed by atoms with Gasteiger partial charge in [-0.1, -0.05) is 66.6 Å². The minimum absolute atomic E-state index is 0.0379. The molecule has 0 saturated heterocycles. The van der Waals surface area contributed by atoms with Crippen molar-refractivity contribution in [3.63, 3.8) is 0 Å². The van der Waals surface area contributed by atoms with Crippen molar-refractivity contribution < 1.29 is 24.4 Å². The van der Waals surface area contributed by atoms with Gasteiger partial charge in [-0.3, -0.25) is 4.98 Å². The maximum Gasteiger partial charge on any atom is 0.244 e. The second kappa shape index (κ2) is 15.0. The molecule has 0 spiro atoms. The number of aromatic hydroxyl groups is 1. The minimum Gasteiger partial charge on any atom is -0.506 e. The van der Waals surface area contributed by atoms with Crippen LogP contribution < -0.4 is 0 Å². The smallest absolute Gasteiger partial charge is 0.244 e. The van der Waals surface area contributed by atoms with Gasteiger partial charge in [-0.25, -0.2) is 0 Å². The average molecular weight is 576 g/mol. The highest BCUT2D eigenvalue weighted by molar-refractivity contribution is 8.60. The first-order valence-corrected chi connectivity index (χ1v) is 17.7. The molecule has 9 heteroatoms. The van der Waals surface area contributed by atoms with Crippen LogP contribution in [-0.2, 0) is 34.1 Å². The molecule has 0 unspecified atom stereocenters. The van der Waals surface area contributed by atoms with E-state index in [9.17, 15) is 5.11 Å². The Labute approximate surface area is 235 Å². The maximum atomic E-state index is 9.38. The Morgan fingerprint density at radius 3 is 1.78 bits per heavy atom. The molecule has 0 radical (unpaired) electrons. The van der Waals surface area contributed by atoms with E-state index in [1.807, 2.05) is 0 Å². The van der Waals surface area contributed by atoms with Crippen LogP contribution in [0.5, 0.6) is 5.75 Å². The molecule has 1 aromatic heterocycles. The van der Waals surface area contributed by atoms with E-state index in [0.717, 1.165) is 12.8 Å². The van der Waals surface area contributed by atoms with Crippen molar-refractivity contribution in [1.82, 2.24) is 4.98 Å². The number of hydrogen-bond acceptors (Lipinski definition) is 7. The largest absolute Gasteiger partial charge is 0.506 e. The molecule has 6 nitrogen and oxygen atoms in total. The topological polar surface area (TPSA) is 92.0 Å². The van der Waals surface area contributed by atoms with E-state index in [4.69, 9.17) is 43.3 Å². The predicted octanol–water partition coefficient (Wildman–Crippen LogP) is 7.18. The molecule has 0 bridgehead atoms. The summed E-state index contributed by atoms with van der Waals surface area (Å²) < 4.78 is 12.9. The van der Waals surface area contributed by atoms with Crippen molar-refractivity contribution in [2.24, 2.45) is 35.5 Å². The molecule has 214 valence electrons. The third kappa shape index (κ3) is 9.73. The summed E-state index contributed by atoms with van der Waals surface area (Å²) in [6.07, 6.45) is 9.14. The minimum atomic E-state index is -2.51. The summed E-state index contributed by atoms with van der Waals surface area (Å²) in [6.45, 7) is 15.0. The van der Waals surface area contributed by atoms with Crippen molar-refractivity contribution in [1.29, 1.82) is 0 Å². The van der Waals surface area contributed by atoms with Crippen LogP contribution >= 0.6 is 17.9 Å². The number of aliphatic hydroxyl groups is 2. The summed E-state index contributed by atoms with van der Waals surface area (Å²) in [4.78, 5) is 3.84. The summed E-state index contributed by atoms with van der Waals surface area (Å²) in [5.74, 6) is 3.80. The van der Waals surface area contributed by atoms with Crippen LogP contribution in [0, 0.1) is 42.4 Å². The van der Waals surface area contributed by atoms with Crippen LogP contribution in [0.4, 0.5) is 0 Å². The molecule has 3 N–H and O–H groups in total. The van der Waals surface area contributed by atoms with E-state index in [-0.39, 0.29) is 31.2 Å². The highest BCUT2D eigenvalue weighted by atomic mass is 32.9. The fraction of sp³-hybridized carbons (Fsp3) is 0.821. The van der Waals surface area contributed by atoms with Gasteiger partial charge in [0.2, 0.25) is 5.69 Å². The average Bonchev–Trinajstić information content (AvgIpc) is 2.80. The summed E-state index contributed by atoms with van der Waals surface area (Å²) in [7, 11) is 0. The van der Waals surface area contributed by atoms with Crippen LogP contribution in [0.2, 0.25) is 0 Å². The monoisotopic (exact) mass is 575 g/mol. The Kier molecular flexibility index (Phi) is 13.4. The first-order valence-electron chi connectivity index (χ1n) is 13.9. The zero-order valence-electron chi connectivity index (χ0n) is 23.8. The third-order valence-corrected chi connectivity index (χ3v) is 10.4. The third-order valence-electron chi connectivity index (χ3n) is 8.22. The van der Waals surface area contributed by atoms with Gasteiger partial charge in [0, 0.05) is 17.3 Å². The number of aryl methyl sites for hydroxylation is 1. The van der Waals surface area contributed by atoms with E-state index >= 15 is 0 Å². The summed E-state index contributed by atoms with van der Waals surface area (Å²) in [6, 6.07) is 0. The number of rotatable bonds is 8. The molecular weight excluding hydrogens is 525 g/mol. The number of thiol groups is 1. The molecule has 0 aliphatic heterocycles. The van der Waals surface area contributed by atoms with E-state index in [1.54, 1.807) is 6.92 Å². The van der Waals surface area contributed by atoms with E-state index < -0.39 is 5.69 Å². The van der Waals surface area contributed by atoms with Gasteiger partial charge in [-0.05, 0) is 79.9 Å². The number of pyridine rings is 1. The first-order chi connectivity index (χ1) is 17.3. The van der Waals surface area contributed by atoms with E-state index in [1.165, 1.54) is 31.9 Å². The second-order valence-corrected chi connectivity index (χ2v) is 17.1. The molecule has 1 heterocycles. The molecular formula is C28H50NO5PS2. The number of aliphatic hydroxyl groups excluding tert-OH is 2. The summed E-state index contributed by atoms with van der Waals surface area (Å²) >= 11 is 10.6. The van der Waals surface area contributed by atoms with E-state index in [0.29, 0.717) is 52.3 Å². The molecule has 3 rings (SSSR count). The van der Waals surface area contributed by atoms with Crippen LogP contribution in [-0.4, -0.2) is 32.5 Å². The number of nitrogens with zero attached hydrogens (tertiary/aromatic N) is 1. The quantitative estimate of drug-likeness (QED) is 0.193. The highest BCUT2D eigenvalue weighted by Gasteiger charge is 2.38. The molecule has 0 aromatic carbocycles. The van der Waals surface area contributed by atoms with E-state index in [2.05, 4.69) is 46.5 Å². The lowest BCUT2D eigenvalue weighted by molar-refractivity contribution is 0.0143. The molecule has 1 aromatic rings. The van der Waals surface area contributed by atoms with Crippen LogP contribution in [0.25, 0.3) is 0 Å². The van der Waals surface area contributed by atoms with Crippen molar-refractivity contribution >= 4 is 29.7 Å². The molecule has 2 aliphatic carbocycles. The van der Waals surface area contributed by atoms with Crippen LogP contribution in [0.15, 0.2) is 6.20 Å². The number of aromatic nitrogens is 1. The Hall–Kier alpha value is -0.210. The zero-order chi connectivity index (χ0) is 27.9. The fourth-order valence-electron chi connectivity index (χ4n) is 5.84. The van der Waals surface area contributed by atoms with Gasteiger partial charge in [0.25, 0.3) is 0 Å². The van der Waals surface area contributed by atoms with Gasteiger partial charge < -0.3 is 24.4 Å². The fourth-order valence-corrected chi connectivity index (χ4v) is 8.44. The van der Waals surface area contributed by atoms with Gasteiger partial charge in [0.15, 0.2) is 0 Å². The SMILES string of the molecule is CC(C)[C@@H]1CC[C@@H](C)C[C@H]1OP(=S)(S)O[C@@H]1C[C@H](C)CC[C@H]1C(C)C.Cc1ncc(CO)c(CO)c1O. The Morgan fingerprint density at radius 1 is 0.946 bits per heavy atom. The standard InChI is InChI=1S/C20H39O2PS2.C8H11NO3/c1-13(2)17-9-7-15(5)11-19(17)21-23(24,25)22-20-12-16(6)8-10-18(20)14(3)4;1-5-8(12)7(4-11)6(3-10)2-9-5/h13-20H,7-12H2,1-6H3,(H,24,25);2,10-12H,3-4H2,1H3/t15-,16-,17+,18+,19-,20-;/m1./s1. The van der Waals surface area contributed by atoms with Crippen molar-refractivity contribution in [3.8, 4) is 5.75 Å².